The lowest BCUT2D eigenvalue weighted by molar-refractivity contribution is 0.229. The lowest BCUT2D eigenvalue weighted by Gasteiger charge is -2.16. The number of rotatable bonds is 5. The van der Waals surface area contributed by atoms with Crippen LogP contribution in [0.2, 0.25) is 5.02 Å². The third kappa shape index (κ3) is 3.06. The van der Waals surface area contributed by atoms with E-state index in [2.05, 4.69) is 9.96 Å². The van der Waals surface area contributed by atoms with E-state index in [9.17, 15) is 9.36 Å². The molecule has 0 fully saturated rings. The molecule has 22 heavy (non-hydrogen) atoms. The molecular weight excluding hydrogens is 329 g/mol. The molecule has 0 amide bonds. The Morgan fingerprint density at radius 2 is 1.91 bits per heavy atom. The van der Waals surface area contributed by atoms with Crippen molar-refractivity contribution in [2.75, 3.05) is 13.2 Å². The second kappa shape index (κ2) is 6.59. The summed E-state index contributed by atoms with van der Waals surface area (Å²) in [6, 6.07) is 4.30. The molecule has 7 nitrogen and oxygen atoms in total. The summed E-state index contributed by atoms with van der Waals surface area (Å²) in [5, 5.41) is 9.46. The summed E-state index contributed by atoms with van der Waals surface area (Å²) in [5.74, 6) is 0. The number of hydrogen-bond acceptors (Lipinski definition) is 5. The van der Waals surface area contributed by atoms with Crippen molar-refractivity contribution in [1.29, 1.82) is 5.39 Å². The van der Waals surface area contributed by atoms with Gasteiger partial charge >= 0.3 is 13.3 Å². The van der Waals surface area contributed by atoms with Crippen LogP contribution in [0.3, 0.4) is 0 Å². The smallest absolute Gasteiger partial charge is 0.321 e. The highest BCUT2D eigenvalue weighted by Gasteiger charge is 2.31. The molecule has 0 saturated carbocycles. The summed E-state index contributed by atoms with van der Waals surface area (Å²) in [5.41, 5.74) is -0.0250. The Kier molecular flexibility index (Phi) is 4.99. The standard InChI is InChI=1S/C13H13ClN3O4P/c1-3-20-22(19,21-4-2)12-6-8-5-11(17-15)9(14)7-10(8)16-13(12)18/h5-7H,3-4H2,1-2H3/p+1. The number of halogens is 1. The first-order valence-corrected chi connectivity index (χ1v) is 8.48. The molecule has 116 valence electrons. The van der Waals surface area contributed by atoms with E-state index in [0.717, 1.165) is 0 Å². The van der Waals surface area contributed by atoms with E-state index < -0.39 is 13.2 Å². The Morgan fingerprint density at radius 1 is 1.27 bits per heavy atom. The Morgan fingerprint density at radius 3 is 2.45 bits per heavy atom. The van der Waals surface area contributed by atoms with E-state index in [-0.39, 0.29) is 29.2 Å². The maximum absolute atomic E-state index is 12.7. The Hall–Kier alpha value is -1.71. The summed E-state index contributed by atoms with van der Waals surface area (Å²) in [7, 11) is -3.72. The topological polar surface area (TPSA) is 96.5 Å². The highest BCUT2D eigenvalue weighted by molar-refractivity contribution is 7.62. The maximum atomic E-state index is 12.7. The number of fused-ring (bicyclic) bond motifs is 1. The third-order valence-electron chi connectivity index (χ3n) is 2.89. The van der Waals surface area contributed by atoms with Gasteiger partial charge in [-0.2, -0.15) is 0 Å². The molecule has 1 heterocycles. The van der Waals surface area contributed by atoms with Crippen molar-refractivity contribution in [3.05, 3.63) is 38.6 Å². The van der Waals surface area contributed by atoms with Crippen LogP contribution in [0.4, 0.5) is 5.69 Å². The second-order valence-electron chi connectivity index (χ2n) is 4.31. The van der Waals surface area contributed by atoms with Crippen molar-refractivity contribution < 1.29 is 13.6 Å². The number of nitrogens with zero attached hydrogens (tertiary/aromatic N) is 2. The van der Waals surface area contributed by atoms with E-state index in [4.69, 9.17) is 26.0 Å². The molecule has 0 saturated heterocycles. The number of nitrogens with one attached hydrogen (secondary N) is 1. The molecule has 1 N–H and O–H groups in total. The fourth-order valence-electron chi connectivity index (χ4n) is 2.00. The van der Waals surface area contributed by atoms with Crippen LogP contribution in [0.5, 0.6) is 0 Å². The van der Waals surface area contributed by atoms with Crippen LogP contribution in [0.15, 0.2) is 23.0 Å². The average molecular weight is 343 g/mol. The van der Waals surface area contributed by atoms with Crippen molar-refractivity contribution in [3.8, 4) is 0 Å². The van der Waals surface area contributed by atoms with Crippen molar-refractivity contribution in [2.24, 2.45) is 0 Å². The Balaban J connectivity index is 2.72. The van der Waals surface area contributed by atoms with Gasteiger partial charge in [-0.05, 0) is 26.0 Å². The Labute approximate surface area is 131 Å². The molecule has 1 aromatic heterocycles. The van der Waals surface area contributed by atoms with Gasteiger partial charge in [0.2, 0.25) is 5.39 Å². The van der Waals surface area contributed by atoms with Gasteiger partial charge in [-0.25, -0.2) is 0 Å². The SMILES string of the molecule is CCOP(=O)(OCC)c1cc2cc([N+]#N)c(Cl)cc2[nH]c1=O. The molecule has 0 atom stereocenters. The maximum Gasteiger partial charge on any atom is 0.404 e. The number of pyridine rings is 1. The Bertz CT molecular complexity index is 849. The first-order chi connectivity index (χ1) is 10.4. The molecule has 0 aliphatic carbocycles. The van der Waals surface area contributed by atoms with E-state index in [1.165, 1.54) is 18.2 Å². The zero-order chi connectivity index (χ0) is 16.3. The van der Waals surface area contributed by atoms with Crippen molar-refractivity contribution in [2.45, 2.75) is 13.8 Å². The minimum absolute atomic E-state index is 0.102. The fourth-order valence-corrected chi connectivity index (χ4v) is 3.84. The predicted molar refractivity (Wildman–Crippen MR) is 84.8 cm³/mol. The van der Waals surface area contributed by atoms with Crippen LogP contribution in [-0.2, 0) is 13.6 Å². The summed E-state index contributed by atoms with van der Waals surface area (Å²) in [4.78, 5) is 17.8. The minimum atomic E-state index is -3.72. The molecule has 9 heteroatoms. The van der Waals surface area contributed by atoms with Crippen LogP contribution in [0.1, 0.15) is 13.8 Å². The van der Waals surface area contributed by atoms with E-state index in [1.807, 2.05) is 0 Å². The van der Waals surface area contributed by atoms with Crippen molar-refractivity contribution in [3.63, 3.8) is 0 Å². The number of diazo groups is 1. The van der Waals surface area contributed by atoms with E-state index in [0.29, 0.717) is 10.9 Å². The molecule has 2 aromatic rings. The summed E-state index contributed by atoms with van der Waals surface area (Å²) in [6.07, 6.45) is 0. The van der Waals surface area contributed by atoms with Gasteiger partial charge in [-0.3, -0.25) is 9.36 Å². The van der Waals surface area contributed by atoms with Crippen LogP contribution in [-0.4, -0.2) is 18.2 Å². The van der Waals surface area contributed by atoms with Gasteiger partial charge in [0, 0.05) is 11.5 Å². The van der Waals surface area contributed by atoms with Gasteiger partial charge < -0.3 is 14.0 Å². The number of benzene rings is 1. The van der Waals surface area contributed by atoms with E-state index >= 15 is 0 Å². The third-order valence-corrected chi connectivity index (χ3v) is 5.31. The van der Waals surface area contributed by atoms with Gasteiger partial charge in [-0.1, -0.05) is 11.6 Å². The molecule has 0 aliphatic heterocycles. The first kappa shape index (κ1) is 16.7. The van der Waals surface area contributed by atoms with Gasteiger partial charge in [0.25, 0.3) is 5.56 Å². The lowest BCUT2D eigenvalue weighted by atomic mass is 10.2. The lowest BCUT2D eigenvalue weighted by Crippen LogP contribution is -2.29. The predicted octanol–water partition coefficient (Wildman–Crippen LogP) is 3.56. The molecular formula is C13H14ClN3O4P+. The highest BCUT2D eigenvalue weighted by atomic mass is 35.5. The second-order valence-corrected chi connectivity index (χ2v) is 6.71. The molecule has 0 spiro atoms. The van der Waals surface area contributed by atoms with Crippen LogP contribution in [0, 0.1) is 5.39 Å². The normalized spacial score (nSPS) is 11.5. The number of aromatic amines is 1. The molecule has 0 radical (unpaired) electrons. The monoisotopic (exact) mass is 342 g/mol. The summed E-state index contributed by atoms with van der Waals surface area (Å²) in [6.45, 7) is 3.58. The number of H-pyrrole nitrogens is 1. The van der Waals surface area contributed by atoms with Gasteiger partial charge in [-0.15, -0.1) is 0 Å². The number of hydrogen-bond donors (Lipinski definition) is 1. The zero-order valence-corrected chi connectivity index (χ0v) is 13.6. The minimum Gasteiger partial charge on any atom is -0.321 e. The first-order valence-electron chi connectivity index (χ1n) is 6.56. The van der Waals surface area contributed by atoms with Crippen LogP contribution in [0.25, 0.3) is 15.9 Å². The molecule has 0 unspecified atom stereocenters. The fraction of sp³-hybridized carbons (Fsp3) is 0.308. The molecule has 0 aliphatic rings. The molecule has 2 rings (SSSR count). The van der Waals surface area contributed by atoms with Gasteiger partial charge in [0.15, 0.2) is 4.98 Å². The highest BCUT2D eigenvalue weighted by Crippen LogP contribution is 2.46. The van der Waals surface area contributed by atoms with E-state index in [1.54, 1.807) is 13.8 Å². The molecule has 0 bridgehead atoms. The summed E-state index contributed by atoms with van der Waals surface area (Å²) >= 11 is 5.90. The quantitative estimate of drug-likeness (QED) is 0.662. The van der Waals surface area contributed by atoms with Crippen LogP contribution >= 0.6 is 19.2 Å². The van der Waals surface area contributed by atoms with Gasteiger partial charge in [0.05, 0.1) is 18.7 Å². The summed E-state index contributed by atoms with van der Waals surface area (Å²) < 4.78 is 23.1. The number of aromatic nitrogens is 1. The largest absolute Gasteiger partial charge is 0.404 e. The van der Waals surface area contributed by atoms with Crippen molar-refractivity contribution in [1.82, 2.24) is 4.98 Å². The molecule has 1 aromatic carbocycles. The average Bonchev–Trinajstić information content (AvgIpc) is 2.46. The van der Waals surface area contributed by atoms with Gasteiger partial charge in [0.1, 0.15) is 10.3 Å². The zero-order valence-electron chi connectivity index (χ0n) is 12.0. The van der Waals surface area contributed by atoms with Crippen LogP contribution < -0.4 is 10.9 Å². The van der Waals surface area contributed by atoms with Crippen molar-refractivity contribution >= 4 is 41.1 Å².